The first-order valence-electron chi connectivity index (χ1n) is 21.7. The van der Waals surface area contributed by atoms with E-state index in [0.717, 1.165) is 44.5 Å². The van der Waals surface area contributed by atoms with Crippen molar-refractivity contribution in [3.05, 3.63) is 227 Å². The summed E-state index contributed by atoms with van der Waals surface area (Å²) in [5.41, 5.74) is 8.49. The fraction of sp³-hybridized carbons (Fsp3) is 0.145. The summed E-state index contributed by atoms with van der Waals surface area (Å²) in [5, 5.41) is 16.4. The summed E-state index contributed by atoms with van der Waals surface area (Å²) in [6.07, 6.45) is -3.11. The Morgan fingerprint density at radius 3 is 1.27 bits per heavy atom. The molecule has 0 aromatic heterocycles. The van der Waals surface area contributed by atoms with Gasteiger partial charge < -0.3 is 25.2 Å². The third-order valence-electron chi connectivity index (χ3n) is 12.5. The number of nitrogens with zero attached hydrogens (tertiary/aromatic N) is 1. The number of carbonyl (C=O) groups excluding carboxylic acids is 4. The Hall–Kier alpha value is -8.31. The van der Waals surface area contributed by atoms with Crippen LogP contribution in [0, 0.1) is 0 Å². The molecule has 7 aromatic rings. The maximum Gasteiger partial charge on any atom is 0.417 e. The molecule has 4 amide bonds. The molecule has 0 bridgehead atoms. The van der Waals surface area contributed by atoms with E-state index in [-0.39, 0.29) is 19.1 Å². The zero-order valence-corrected chi connectivity index (χ0v) is 35.7. The number of hydrogen-bond acceptors (Lipinski definition) is 7. The standard InChI is InChI=1S/C55H45N3O8/c59-50(57-55(36-18-4-1-5-19-36,37-20-6-2-7-21-37)38-22-8-3-9-23-38)32-49(52(61)62)58(54(64)66-35-48-45-30-16-12-26-41(45)42-27-13-17-31-46(42)48)51(60)33-56-53(63)65-34-47-43-28-14-10-24-39(43)40-25-11-15-29-44(40)47/h1-31,47-49H,32-35H2,(H,56,63)(H,57,59)(H,61,62)/t49-/m0/s1. The molecule has 2 aliphatic carbocycles. The number of aliphatic carboxylic acids is 1. The number of carboxylic acids is 1. The second-order valence-electron chi connectivity index (χ2n) is 16.2. The van der Waals surface area contributed by atoms with Gasteiger partial charge in [0.2, 0.25) is 5.91 Å². The first-order valence-corrected chi connectivity index (χ1v) is 21.7. The number of imide groups is 1. The molecule has 9 rings (SSSR count). The quantitative estimate of drug-likeness (QED) is 0.0916. The molecule has 11 heteroatoms. The zero-order chi connectivity index (χ0) is 45.6. The maximum absolute atomic E-state index is 14.6. The Balaban J connectivity index is 0.985. The van der Waals surface area contributed by atoms with Crippen molar-refractivity contribution in [1.82, 2.24) is 15.5 Å². The highest BCUT2D eigenvalue weighted by Gasteiger charge is 2.43. The van der Waals surface area contributed by atoms with Crippen molar-refractivity contribution in [2.45, 2.75) is 29.8 Å². The van der Waals surface area contributed by atoms with Crippen molar-refractivity contribution < 1.29 is 38.6 Å². The highest BCUT2D eigenvalue weighted by Crippen LogP contribution is 2.46. The van der Waals surface area contributed by atoms with E-state index >= 15 is 0 Å². The van der Waals surface area contributed by atoms with Gasteiger partial charge in [0.05, 0.1) is 6.42 Å². The molecule has 1 atom stereocenters. The molecule has 0 heterocycles. The summed E-state index contributed by atoms with van der Waals surface area (Å²) in [6.45, 7) is -1.13. The van der Waals surface area contributed by atoms with E-state index < -0.39 is 60.4 Å². The number of hydrogen-bond donors (Lipinski definition) is 3. The molecule has 328 valence electrons. The van der Waals surface area contributed by atoms with Crippen LogP contribution in [0.15, 0.2) is 188 Å². The number of carbonyl (C=O) groups is 5. The van der Waals surface area contributed by atoms with E-state index in [1.807, 2.05) is 188 Å². The summed E-state index contributed by atoms with van der Waals surface area (Å²) in [4.78, 5) is 70.3. The van der Waals surface area contributed by atoms with Crippen LogP contribution in [-0.2, 0) is 29.4 Å². The van der Waals surface area contributed by atoms with Crippen molar-refractivity contribution in [2.75, 3.05) is 19.8 Å². The van der Waals surface area contributed by atoms with Gasteiger partial charge in [-0.25, -0.2) is 19.3 Å². The molecule has 0 radical (unpaired) electrons. The van der Waals surface area contributed by atoms with Crippen molar-refractivity contribution in [3.63, 3.8) is 0 Å². The average molecular weight is 876 g/mol. The molecule has 0 saturated carbocycles. The maximum atomic E-state index is 14.6. The van der Waals surface area contributed by atoms with Crippen LogP contribution in [0.1, 0.15) is 57.2 Å². The molecule has 0 saturated heterocycles. The van der Waals surface area contributed by atoms with Crippen molar-refractivity contribution in [2.24, 2.45) is 0 Å². The van der Waals surface area contributed by atoms with Gasteiger partial charge in [-0.2, -0.15) is 0 Å². The van der Waals surface area contributed by atoms with E-state index in [0.29, 0.717) is 21.6 Å². The lowest BCUT2D eigenvalue weighted by Crippen LogP contribution is -2.55. The van der Waals surface area contributed by atoms with E-state index in [1.165, 1.54) is 0 Å². The first-order chi connectivity index (χ1) is 32.2. The molecule has 0 unspecified atom stereocenters. The minimum atomic E-state index is -2.06. The van der Waals surface area contributed by atoms with Gasteiger partial charge in [0.15, 0.2) is 0 Å². The molecule has 2 aliphatic rings. The van der Waals surface area contributed by atoms with Crippen LogP contribution in [0.25, 0.3) is 22.3 Å². The lowest BCUT2D eigenvalue weighted by Gasteiger charge is -2.37. The van der Waals surface area contributed by atoms with E-state index in [2.05, 4.69) is 10.6 Å². The van der Waals surface area contributed by atoms with Crippen LogP contribution in [0.3, 0.4) is 0 Å². The lowest BCUT2D eigenvalue weighted by atomic mass is 9.77. The summed E-state index contributed by atoms with van der Waals surface area (Å²) >= 11 is 0. The van der Waals surface area contributed by atoms with Gasteiger partial charge in [-0.15, -0.1) is 0 Å². The highest BCUT2D eigenvalue weighted by molar-refractivity contribution is 6.00. The Kier molecular flexibility index (Phi) is 12.2. The molecule has 0 spiro atoms. The molecule has 0 aliphatic heterocycles. The fourth-order valence-electron chi connectivity index (χ4n) is 9.45. The van der Waals surface area contributed by atoms with Crippen LogP contribution in [0.2, 0.25) is 0 Å². The van der Waals surface area contributed by atoms with Gasteiger partial charge in [-0.1, -0.05) is 188 Å². The van der Waals surface area contributed by atoms with Crippen LogP contribution in [0.5, 0.6) is 0 Å². The summed E-state index contributed by atoms with van der Waals surface area (Å²) < 4.78 is 11.5. The second kappa shape index (κ2) is 18.8. The Labute approximate surface area is 381 Å². The number of carboxylic acid groups (broad SMARTS) is 1. The summed E-state index contributed by atoms with van der Waals surface area (Å²) in [7, 11) is 0. The normalized spacial score (nSPS) is 13.0. The van der Waals surface area contributed by atoms with Crippen molar-refractivity contribution >= 4 is 30.0 Å². The van der Waals surface area contributed by atoms with Crippen molar-refractivity contribution in [3.8, 4) is 22.3 Å². The third-order valence-corrected chi connectivity index (χ3v) is 12.5. The van der Waals surface area contributed by atoms with Crippen LogP contribution < -0.4 is 10.6 Å². The van der Waals surface area contributed by atoms with Gasteiger partial charge in [-0.3, -0.25) is 9.59 Å². The smallest absolute Gasteiger partial charge is 0.417 e. The van der Waals surface area contributed by atoms with Gasteiger partial charge in [-0.05, 0) is 61.2 Å². The highest BCUT2D eigenvalue weighted by atomic mass is 16.6. The topological polar surface area (TPSA) is 151 Å². The third kappa shape index (κ3) is 8.30. The minimum absolute atomic E-state index is 0.0476. The van der Waals surface area contributed by atoms with Crippen LogP contribution in [0.4, 0.5) is 9.59 Å². The summed E-state index contributed by atoms with van der Waals surface area (Å²) in [5.74, 6) is -4.24. The number of amides is 4. The van der Waals surface area contributed by atoms with E-state index in [9.17, 15) is 29.1 Å². The van der Waals surface area contributed by atoms with Crippen LogP contribution >= 0.6 is 0 Å². The minimum Gasteiger partial charge on any atom is -0.480 e. The fourth-order valence-corrected chi connectivity index (χ4v) is 9.45. The lowest BCUT2D eigenvalue weighted by molar-refractivity contribution is -0.150. The number of ether oxygens (including phenoxy) is 2. The monoisotopic (exact) mass is 875 g/mol. The number of nitrogens with one attached hydrogen (secondary N) is 2. The molecule has 3 N–H and O–H groups in total. The number of fused-ring (bicyclic) bond motifs is 6. The second-order valence-corrected chi connectivity index (χ2v) is 16.2. The molecule has 7 aromatic carbocycles. The largest absolute Gasteiger partial charge is 0.480 e. The van der Waals surface area contributed by atoms with Gasteiger partial charge in [0.1, 0.15) is 31.3 Å². The van der Waals surface area contributed by atoms with Gasteiger partial charge in [0, 0.05) is 11.8 Å². The summed E-state index contributed by atoms with van der Waals surface area (Å²) in [6, 6.07) is 56.7. The zero-order valence-electron chi connectivity index (χ0n) is 35.7. The molecular weight excluding hydrogens is 831 g/mol. The molecule has 66 heavy (non-hydrogen) atoms. The number of benzene rings is 7. The Bertz CT molecular complexity index is 2740. The predicted octanol–water partition coefficient (Wildman–Crippen LogP) is 9.25. The van der Waals surface area contributed by atoms with Crippen LogP contribution in [-0.4, -0.2) is 65.8 Å². The number of rotatable bonds is 14. The van der Waals surface area contributed by atoms with Gasteiger partial charge >= 0.3 is 18.2 Å². The van der Waals surface area contributed by atoms with Gasteiger partial charge in [0.25, 0.3) is 5.91 Å². The van der Waals surface area contributed by atoms with E-state index in [1.54, 1.807) is 0 Å². The Morgan fingerprint density at radius 2 is 0.879 bits per heavy atom. The SMILES string of the molecule is O=C(C[C@@H](C(=O)O)N(C(=O)CNC(=O)OCC1c2ccccc2-c2ccccc21)C(=O)OCC1c2ccccc2-c2ccccc21)NC(c1ccccc1)(c1ccccc1)c1ccccc1. The van der Waals surface area contributed by atoms with Crippen molar-refractivity contribution in [1.29, 1.82) is 0 Å². The first kappa shape index (κ1) is 43.0. The molecule has 11 nitrogen and oxygen atoms in total. The van der Waals surface area contributed by atoms with E-state index in [4.69, 9.17) is 9.47 Å². The predicted molar refractivity (Wildman–Crippen MR) is 248 cm³/mol. The Morgan fingerprint density at radius 1 is 0.515 bits per heavy atom. The average Bonchev–Trinajstić information content (AvgIpc) is 3.86. The number of alkyl carbamates (subject to hydrolysis) is 1. The molecular formula is C55H45N3O8. The molecule has 0 fully saturated rings.